The average Bonchev–Trinajstić information content (AvgIpc) is 2.29. The van der Waals surface area contributed by atoms with E-state index in [1.165, 1.54) is 18.5 Å². The van der Waals surface area contributed by atoms with Crippen LogP contribution >= 0.6 is 23.4 Å². The summed E-state index contributed by atoms with van der Waals surface area (Å²) < 4.78 is 0. The second-order valence-corrected chi connectivity index (χ2v) is 5.34. The zero-order valence-electron chi connectivity index (χ0n) is 8.69. The zero-order chi connectivity index (χ0) is 10.7. The van der Waals surface area contributed by atoms with Crippen LogP contribution in [-0.2, 0) is 0 Å². The summed E-state index contributed by atoms with van der Waals surface area (Å²) in [5, 5.41) is 1.23. The minimum Gasteiger partial charge on any atom is -0.355 e. The van der Waals surface area contributed by atoms with Gasteiger partial charge in [0.15, 0.2) is 0 Å². The second kappa shape index (κ2) is 5.03. The second-order valence-electron chi connectivity index (χ2n) is 3.55. The molecule has 1 aliphatic rings. The van der Waals surface area contributed by atoms with Gasteiger partial charge in [0.1, 0.15) is 17.3 Å². The van der Waals surface area contributed by atoms with Crippen LogP contribution in [0, 0.1) is 0 Å². The van der Waals surface area contributed by atoms with Crippen LogP contribution in [0.1, 0.15) is 13.3 Å². The predicted molar refractivity (Wildman–Crippen MR) is 65.8 cm³/mol. The standard InChI is InChI=1S/C10H14ClN3S/c1-2-8-6-14(3-4-15-8)10-5-9(11)12-7-13-10/h5,7-8H,2-4,6H2,1H3. The van der Waals surface area contributed by atoms with Crippen molar-refractivity contribution in [3.8, 4) is 0 Å². The quantitative estimate of drug-likeness (QED) is 0.747. The van der Waals surface area contributed by atoms with E-state index >= 15 is 0 Å². The van der Waals surface area contributed by atoms with Crippen molar-refractivity contribution in [2.45, 2.75) is 18.6 Å². The van der Waals surface area contributed by atoms with E-state index in [2.05, 4.69) is 21.8 Å². The number of aromatic nitrogens is 2. The molecule has 5 heteroatoms. The van der Waals surface area contributed by atoms with Crippen molar-refractivity contribution in [3.63, 3.8) is 0 Å². The van der Waals surface area contributed by atoms with Gasteiger partial charge >= 0.3 is 0 Å². The lowest BCUT2D eigenvalue weighted by Gasteiger charge is -2.32. The van der Waals surface area contributed by atoms with E-state index in [1.807, 2.05) is 17.8 Å². The highest BCUT2D eigenvalue weighted by Crippen LogP contribution is 2.25. The molecule has 2 heterocycles. The molecule has 0 saturated carbocycles. The Morgan fingerprint density at radius 1 is 1.60 bits per heavy atom. The van der Waals surface area contributed by atoms with Gasteiger partial charge in [0.2, 0.25) is 0 Å². The Morgan fingerprint density at radius 3 is 3.20 bits per heavy atom. The summed E-state index contributed by atoms with van der Waals surface area (Å²) in [6, 6.07) is 1.84. The molecule has 1 unspecified atom stereocenters. The van der Waals surface area contributed by atoms with E-state index in [4.69, 9.17) is 11.6 Å². The molecule has 0 aromatic carbocycles. The number of hydrogen-bond donors (Lipinski definition) is 0. The molecule has 0 bridgehead atoms. The van der Waals surface area contributed by atoms with E-state index in [1.54, 1.807) is 0 Å². The molecule has 1 saturated heterocycles. The largest absolute Gasteiger partial charge is 0.355 e. The van der Waals surface area contributed by atoms with Crippen LogP contribution in [0.5, 0.6) is 0 Å². The summed E-state index contributed by atoms with van der Waals surface area (Å²) >= 11 is 7.90. The van der Waals surface area contributed by atoms with Gasteiger partial charge in [-0.05, 0) is 6.42 Å². The fourth-order valence-corrected chi connectivity index (χ4v) is 2.99. The topological polar surface area (TPSA) is 29.0 Å². The highest BCUT2D eigenvalue weighted by molar-refractivity contribution is 8.00. The molecule has 2 rings (SSSR count). The van der Waals surface area contributed by atoms with Crippen LogP contribution in [0.3, 0.4) is 0 Å². The Hall–Kier alpha value is -0.480. The van der Waals surface area contributed by atoms with Gasteiger partial charge in [-0.3, -0.25) is 0 Å². The molecule has 82 valence electrons. The number of hydrogen-bond acceptors (Lipinski definition) is 4. The lowest BCUT2D eigenvalue weighted by Crippen LogP contribution is -2.38. The number of halogens is 1. The van der Waals surface area contributed by atoms with Gasteiger partial charge in [-0.2, -0.15) is 11.8 Å². The first-order valence-electron chi connectivity index (χ1n) is 5.13. The normalized spacial score (nSPS) is 21.7. The average molecular weight is 244 g/mol. The summed E-state index contributed by atoms with van der Waals surface area (Å²) in [5.74, 6) is 2.12. The first-order chi connectivity index (χ1) is 7.29. The molecule has 1 aromatic rings. The minimum atomic E-state index is 0.520. The van der Waals surface area contributed by atoms with Gasteiger partial charge in [-0.1, -0.05) is 18.5 Å². The van der Waals surface area contributed by atoms with Crippen molar-refractivity contribution in [1.82, 2.24) is 9.97 Å². The van der Waals surface area contributed by atoms with Crippen LogP contribution in [0.15, 0.2) is 12.4 Å². The summed E-state index contributed by atoms with van der Waals surface area (Å²) in [4.78, 5) is 10.4. The van der Waals surface area contributed by atoms with Crippen molar-refractivity contribution in [3.05, 3.63) is 17.5 Å². The molecule has 1 atom stereocenters. The molecule has 0 radical (unpaired) electrons. The van der Waals surface area contributed by atoms with Gasteiger partial charge in [0, 0.05) is 30.2 Å². The molecule has 0 spiro atoms. The number of nitrogens with zero attached hydrogens (tertiary/aromatic N) is 3. The highest BCUT2D eigenvalue weighted by atomic mass is 35.5. The number of thioether (sulfide) groups is 1. The van der Waals surface area contributed by atoms with Gasteiger partial charge in [0.05, 0.1) is 0 Å². The van der Waals surface area contributed by atoms with Crippen molar-refractivity contribution in [1.29, 1.82) is 0 Å². The van der Waals surface area contributed by atoms with Gasteiger partial charge in [-0.15, -0.1) is 0 Å². The van der Waals surface area contributed by atoms with Crippen LogP contribution in [0.2, 0.25) is 5.15 Å². The fraction of sp³-hybridized carbons (Fsp3) is 0.600. The third kappa shape index (κ3) is 2.75. The maximum absolute atomic E-state index is 5.85. The maximum Gasteiger partial charge on any atom is 0.134 e. The number of rotatable bonds is 2. The van der Waals surface area contributed by atoms with Gasteiger partial charge < -0.3 is 4.90 Å². The lowest BCUT2D eigenvalue weighted by atomic mass is 10.3. The third-order valence-corrected chi connectivity index (χ3v) is 4.12. The Morgan fingerprint density at radius 2 is 2.47 bits per heavy atom. The molecule has 1 aliphatic heterocycles. The third-order valence-electron chi connectivity index (χ3n) is 2.54. The van der Waals surface area contributed by atoms with E-state index < -0.39 is 0 Å². The van der Waals surface area contributed by atoms with Crippen LogP contribution < -0.4 is 4.90 Å². The molecule has 1 fully saturated rings. The smallest absolute Gasteiger partial charge is 0.134 e. The minimum absolute atomic E-state index is 0.520. The monoisotopic (exact) mass is 243 g/mol. The first kappa shape index (κ1) is 11.0. The van der Waals surface area contributed by atoms with E-state index in [0.29, 0.717) is 10.4 Å². The lowest BCUT2D eigenvalue weighted by molar-refractivity contribution is 0.719. The number of anilines is 1. The van der Waals surface area contributed by atoms with Crippen molar-refractivity contribution in [2.24, 2.45) is 0 Å². The highest BCUT2D eigenvalue weighted by Gasteiger charge is 2.19. The van der Waals surface area contributed by atoms with Crippen molar-refractivity contribution < 1.29 is 0 Å². The van der Waals surface area contributed by atoms with Crippen molar-refractivity contribution >= 4 is 29.2 Å². The predicted octanol–water partition coefficient (Wildman–Crippen LogP) is 2.46. The molecular weight excluding hydrogens is 230 g/mol. The Balaban J connectivity index is 2.09. The zero-order valence-corrected chi connectivity index (χ0v) is 10.3. The molecule has 0 amide bonds. The molecule has 3 nitrogen and oxygen atoms in total. The molecular formula is C10H14ClN3S. The van der Waals surface area contributed by atoms with Crippen LogP contribution in [0.25, 0.3) is 0 Å². The SMILES string of the molecule is CCC1CN(c2cc(Cl)ncn2)CCS1. The Kier molecular flexibility index (Phi) is 3.70. The van der Waals surface area contributed by atoms with E-state index in [-0.39, 0.29) is 0 Å². The molecule has 1 aromatic heterocycles. The van der Waals surface area contributed by atoms with Gasteiger partial charge in [0.25, 0.3) is 0 Å². The summed E-state index contributed by atoms with van der Waals surface area (Å²) in [6.45, 7) is 4.34. The molecule has 0 N–H and O–H groups in total. The molecule has 0 aliphatic carbocycles. The first-order valence-corrected chi connectivity index (χ1v) is 6.56. The van der Waals surface area contributed by atoms with Gasteiger partial charge in [-0.25, -0.2) is 9.97 Å². The fourth-order valence-electron chi connectivity index (χ4n) is 1.67. The maximum atomic E-state index is 5.85. The van der Waals surface area contributed by atoms with Crippen molar-refractivity contribution in [2.75, 3.05) is 23.7 Å². The Labute approximate surface area is 99.2 Å². The van der Waals surface area contributed by atoms with Crippen LogP contribution in [-0.4, -0.2) is 34.1 Å². The summed E-state index contributed by atoms with van der Waals surface area (Å²) in [6.07, 6.45) is 2.74. The Bertz CT molecular complexity index is 334. The summed E-state index contributed by atoms with van der Waals surface area (Å²) in [5.41, 5.74) is 0. The van der Waals surface area contributed by atoms with Crippen LogP contribution in [0.4, 0.5) is 5.82 Å². The molecule has 15 heavy (non-hydrogen) atoms. The summed E-state index contributed by atoms with van der Waals surface area (Å²) in [7, 11) is 0. The van der Waals surface area contributed by atoms with E-state index in [9.17, 15) is 0 Å². The van der Waals surface area contributed by atoms with E-state index in [0.717, 1.165) is 18.9 Å².